The minimum atomic E-state index is 0.166. The molecule has 3 aromatic rings. The van der Waals surface area contributed by atoms with E-state index >= 15 is 0 Å². The van der Waals surface area contributed by atoms with E-state index in [0.717, 1.165) is 11.3 Å². The van der Waals surface area contributed by atoms with Gasteiger partial charge < -0.3 is 4.57 Å². The van der Waals surface area contributed by atoms with E-state index in [2.05, 4.69) is 102 Å². The molecule has 0 saturated carbocycles. The number of rotatable bonds is 3. The van der Waals surface area contributed by atoms with Crippen molar-refractivity contribution in [2.24, 2.45) is 4.99 Å². The predicted molar refractivity (Wildman–Crippen MR) is 117 cm³/mol. The van der Waals surface area contributed by atoms with Crippen LogP contribution in [0.3, 0.4) is 0 Å². The highest BCUT2D eigenvalue weighted by Crippen LogP contribution is 2.25. The third-order valence-electron chi connectivity index (χ3n) is 5.31. The Morgan fingerprint density at radius 2 is 1.48 bits per heavy atom. The van der Waals surface area contributed by atoms with Crippen LogP contribution in [0.1, 0.15) is 54.4 Å². The molecule has 0 aliphatic rings. The summed E-state index contributed by atoms with van der Waals surface area (Å²) >= 11 is 0. The predicted octanol–water partition coefficient (Wildman–Crippen LogP) is 6.76. The second-order valence-corrected chi connectivity index (χ2v) is 8.49. The molecule has 2 nitrogen and oxygen atoms in total. The third-order valence-corrected chi connectivity index (χ3v) is 5.31. The molecule has 140 valence electrons. The maximum Gasteiger partial charge on any atom is 0.0630 e. The van der Waals surface area contributed by atoms with Gasteiger partial charge in [-0.05, 0) is 80.1 Å². The van der Waals surface area contributed by atoms with Crippen molar-refractivity contribution in [1.29, 1.82) is 0 Å². The van der Waals surface area contributed by atoms with Crippen molar-refractivity contribution >= 4 is 11.9 Å². The molecule has 0 bridgehead atoms. The second kappa shape index (κ2) is 7.19. The van der Waals surface area contributed by atoms with E-state index in [1.54, 1.807) is 0 Å². The fourth-order valence-corrected chi connectivity index (χ4v) is 3.37. The van der Waals surface area contributed by atoms with Crippen LogP contribution in [0.25, 0.3) is 5.69 Å². The van der Waals surface area contributed by atoms with E-state index in [1.807, 2.05) is 6.21 Å². The molecule has 0 spiro atoms. The van der Waals surface area contributed by atoms with Gasteiger partial charge in [-0.25, -0.2) is 0 Å². The van der Waals surface area contributed by atoms with Gasteiger partial charge in [0.2, 0.25) is 0 Å². The molecule has 0 atom stereocenters. The Labute approximate surface area is 163 Å². The molecule has 0 fully saturated rings. The first-order valence-electron chi connectivity index (χ1n) is 9.58. The van der Waals surface area contributed by atoms with E-state index in [1.165, 1.54) is 33.8 Å². The van der Waals surface area contributed by atoms with Crippen molar-refractivity contribution in [1.82, 2.24) is 4.57 Å². The van der Waals surface area contributed by atoms with Gasteiger partial charge in [-0.1, -0.05) is 39.0 Å². The molecule has 2 aromatic carbocycles. The Hall–Kier alpha value is -2.61. The molecular weight excluding hydrogens is 328 g/mol. The maximum absolute atomic E-state index is 4.70. The lowest BCUT2D eigenvalue weighted by atomic mass is 9.87. The fourth-order valence-electron chi connectivity index (χ4n) is 3.37. The molecule has 0 radical (unpaired) electrons. The zero-order valence-electron chi connectivity index (χ0n) is 17.6. The zero-order valence-corrected chi connectivity index (χ0v) is 17.6. The van der Waals surface area contributed by atoms with Crippen molar-refractivity contribution in [2.45, 2.75) is 53.9 Å². The number of aryl methyl sites for hydroxylation is 3. The lowest BCUT2D eigenvalue weighted by Crippen LogP contribution is -2.10. The molecular formula is C25H30N2. The largest absolute Gasteiger partial charge is 0.318 e. The van der Waals surface area contributed by atoms with E-state index in [0.29, 0.717) is 0 Å². The van der Waals surface area contributed by atoms with Crippen LogP contribution in [0.5, 0.6) is 0 Å². The summed E-state index contributed by atoms with van der Waals surface area (Å²) in [5, 5.41) is 0. The number of aromatic nitrogens is 1. The number of hydrogen-bond acceptors (Lipinski definition) is 1. The summed E-state index contributed by atoms with van der Waals surface area (Å²) in [6, 6.07) is 17.4. The molecule has 1 heterocycles. The van der Waals surface area contributed by atoms with Gasteiger partial charge in [-0.3, -0.25) is 4.99 Å². The summed E-state index contributed by atoms with van der Waals surface area (Å²) in [6.45, 7) is 15.3. The van der Waals surface area contributed by atoms with Crippen LogP contribution < -0.4 is 0 Å². The van der Waals surface area contributed by atoms with Crippen molar-refractivity contribution in [3.8, 4) is 5.69 Å². The minimum absolute atomic E-state index is 0.166. The van der Waals surface area contributed by atoms with Crippen LogP contribution in [-0.4, -0.2) is 10.8 Å². The van der Waals surface area contributed by atoms with Crippen LogP contribution in [0.15, 0.2) is 53.5 Å². The number of benzene rings is 2. The Bertz CT molecular complexity index is 980. The third kappa shape index (κ3) is 4.05. The number of aliphatic imine (C=N–C) groups is 1. The highest BCUT2D eigenvalue weighted by molar-refractivity contribution is 5.84. The highest BCUT2D eigenvalue weighted by Gasteiger charge is 2.13. The summed E-state index contributed by atoms with van der Waals surface area (Å²) in [4.78, 5) is 4.70. The van der Waals surface area contributed by atoms with Gasteiger partial charge in [0.05, 0.1) is 5.69 Å². The second-order valence-electron chi connectivity index (χ2n) is 8.49. The van der Waals surface area contributed by atoms with Gasteiger partial charge in [-0.2, -0.15) is 0 Å². The Morgan fingerprint density at radius 3 is 2.07 bits per heavy atom. The topological polar surface area (TPSA) is 17.3 Å². The van der Waals surface area contributed by atoms with E-state index in [4.69, 9.17) is 4.99 Å². The fraction of sp³-hybridized carbons (Fsp3) is 0.320. The van der Waals surface area contributed by atoms with Crippen molar-refractivity contribution in [3.05, 3.63) is 82.2 Å². The lowest BCUT2D eigenvalue weighted by molar-refractivity contribution is 0.590. The maximum atomic E-state index is 4.70. The SMILES string of the molecule is Cc1ccc(-n2c(C)cc(C=Nc3ccc(C(C)(C)C)cc3)c2C)cc1C. The summed E-state index contributed by atoms with van der Waals surface area (Å²) in [5.74, 6) is 0. The molecule has 0 aliphatic heterocycles. The number of nitrogens with zero attached hydrogens (tertiary/aromatic N) is 2. The van der Waals surface area contributed by atoms with Gasteiger partial charge in [0, 0.05) is 28.9 Å². The molecule has 0 amide bonds. The smallest absolute Gasteiger partial charge is 0.0630 e. The normalized spacial score (nSPS) is 12.1. The average molecular weight is 359 g/mol. The first-order chi connectivity index (χ1) is 12.7. The minimum Gasteiger partial charge on any atom is -0.318 e. The number of hydrogen-bond donors (Lipinski definition) is 0. The van der Waals surface area contributed by atoms with Gasteiger partial charge in [0.25, 0.3) is 0 Å². The molecule has 2 heteroatoms. The molecule has 0 saturated heterocycles. The molecule has 1 aromatic heterocycles. The van der Waals surface area contributed by atoms with Crippen molar-refractivity contribution < 1.29 is 0 Å². The average Bonchev–Trinajstić information content (AvgIpc) is 2.89. The summed E-state index contributed by atoms with van der Waals surface area (Å²) in [5.41, 5.74) is 9.92. The first-order valence-corrected chi connectivity index (χ1v) is 9.58. The lowest BCUT2D eigenvalue weighted by Gasteiger charge is -2.18. The molecule has 3 rings (SSSR count). The van der Waals surface area contributed by atoms with Crippen LogP contribution in [0, 0.1) is 27.7 Å². The Balaban J connectivity index is 1.90. The van der Waals surface area contributed by atoms with Gasteiger partial charge >= 0.3 is 0 Å². The van der Waals surface area contributed by atoms with Crippen molar-refractivity contribution in [2.75, 3.05) is 0 Å². The summed E-state index contributed by atoms with van der Waals surface area (Å²) in [7, 11) is 0. The van der Waals surface area contributed by atoms with E-state index in [9.17, 15) is 0 Å². The van der Waals surface area contributed by atoms with Crippen molar-refractivity contribution in [3.63, 3.8) is 0 Å². The van der Waals surface area contributed by atoms with Gasteiger partial charge in [0.1, 0.15) is 0 Å². The molecule has 0 N–H and O–H groups in total. The molecule has 0 unspecified atom stereocenters. The van der Waals surface area contributed by atoms with Crippen LogP contribution in [0.4, 0.5) is 5.69 Å². The van der Waals surface area contributed by atoms with Crippen LogP contribution in [-0.2, 0) is 5.41 Å². The first kappa shape index (κ1) is 19.2. The Morgan fingerprint density at radius 1 is 0.815 bits per heavy atom. The standard InChI is InChI=1S/C25H30N2/c1-17-8-13-24(14-18(17)2)27-19(3)15-21(20(27)4)16-26-23-11-9-22(10-12-23)25(5,6)7/h8-16H,1-7H3. The van der Waals surface area contributed by atoms with E-state index < -0.39 is 0 Å². The quantitative estimate of drug-likeness (QED) is 0.460. The zero-order chi connectivity index (χ0) is 19.8. The van der Waals surface area contributed by atoms with E-state index in [-0.39, 0.29) is 5.41 Å². The van der Waals surface area contributed by atoms with Gasteiger partial charge in [-0.15, -0.1) is 0 Å². The summed E-state index contributed by atoms with van der Waals surface area (Å²) < 4.78 is 2.30. The van der Waals surface area contributed by atoms with Crippen LogP contribution in [0.2, 0.25) is 0 Å². The van der Waals surface area contributed by atoms with Crippen LogP contribution >= 0.6 is 0 Å². The van der Waals surface area contributed by atoms with Gasteiger partial charge in [0.15, 0.2) is 0 Å². The molecule has 27 heavy (non-hydrogen) atoms. The summed E-state index contributed by atoms with van der Waals surface area (Å²) in [6.07, 6.45) is 1.98. The Kier molecular flexibility index (Phi) is 5.10. The molecule has 0 aliphatic carbocycles. The monoisotopic (exact) mass is 358 g/mol. The highest BCUT2D eigenvalue weighted by atomic mass is 15.0.